The topological polar surface area (TPSA) is 29.5 Å². The first kappa shape index (κ1) is 25.1. The van der Waals surface area contributed by atoms with E-state index in [2.05, 4.69) is 4.74 Å². The van der Waals surface area contributed by atoms with Gasteiger partial charge in [0, 0.05) is 5.56 Å². The largest absolute Gasteiger partial charge is 0.496 e. The zero-order valence-electron chi connectivity index (χ0n) is 13.7. The predicted molar refractivity (Wildman–Crippen MR) is 68.7 cm³/mol. The highest BCUT2D eigenvalue weighted by atomic mass is 19.4. The van der Waals surface area contributed by atoms with Crippen LogP contribution in [-0.2, 0) is 0 Å². The third-order valence-corrected chi connectivity index (χ3v) is 3.73. The highest BCUT2D eigenvalue weighted by Gasteiger charge is 2.91. The molecule has 0 spiro atoms. The van der Waals surface area contributed by atoms with Gasteiger partial charge in [-0.05, 0) is 6.07 Å². The summed E-state index contributed by atoms with van der Waals surface area (Å²) in [5, 5.41) is 9.39. The molecule has 0 amide bonds. The van der Waals surface area contributed by atoms with E-state index in [1.165, 1.54) is 0 Å². The summed E-state index contributed by atoms with van der Waals surface area (Å²) >= 11 is 0. The van der Waals surface area contributed by atoms with E-state index >= 15 is 0 Å². The van der Waals surface area contributed by atoms with Crippen LogP contribution in [-0.4, -0.2) is 48.0 Å². The van der Waals surface area contributed by atoms with Crippen molar-refractivity contribution in [1.82, 2.24) is 0 Å². The molecule has 0 aliphatic carbocycles. The Morgan fingerprint density at radius 1 is 0.690 bits per heavy atom. The number of aliphatic hydroxyl groups excluding tert-OH is 1. The number of alkyl halides is 13. The Balaban J connectivity index is 3.57. The van der Waals surface area contributed by atoms with Gasteiger partial charge in [-0.1, -0.05) is 18.2 Å². The monoisotopic (exact) mass is 456 g/mol. The number of para-hydroxylation sites is 1. The van der Waals surface area contributed by atoms with Crippen LogP contribution in [0.4, 0.5) is 57.1 Å². The van der Waals surface area contributed by atoms with Crippen molar-refractivity contribution < 1.29 is 66.9 Å². The summed E-state index contributed by atoms with van der Waals surface area (Å²) in [5.74, 6) is -38.9. The molecule has 0 saturated heterocycles. The third kappa shape index (κ3) is 3.46. The molecule has 0 radical (unpaired) electrons. The van der Waals surface area contributed by atoms with E-state index in [0.717, 1.165) is 25.3 Å². The maximum atomic E-state index is 13.9. The Hall–Kier alpha value is -1.93. The second kappa shape index (κ2) is 7.09. The Morgan fingerprint density at radius 2 is 1.10 bits per heavy atom. The van der Waals surface area contributed by atoms with Crippen LogP contribution in [0.3, 0.4) is 0 Å². The Morgan fingerprint density at radius 3 is 1.52 bits per heavy atom. The normalized spacial score (nSPS) is 16.0. The van der Waals surface area contributed by atoms with Crippen LogP contribution in [0.1, 0.15) is 11.7 Å². The minimum atomic E-state index is -8.02. The average molecular weight is 456 g/mol. The molecule has 0 bridgehead atoms. The molecular weight excluding hydrogens is 447 g/mol. The van der Waals surface area contributed by atoms with Crippen LogP contribution >= 0.6 is 0 Å². The van der Waals surface area contributed by atoms with Crippen LogP contribution in [0.15, 0.2) is 24.3 Å². The molecule has 15 heteroatoms. The third-order valence-electron chi connectivity index (χ3n) is 3.73. The summed E-state index contributed by atoms with van der Waals surface area (Å²) < 4.78 is 174. The molecule has 0 aliphatic heterocycles. The minimum Gasteiger partial charge on any atom is -0.496 e. The van der Waals surface area contributed by atoms with Gasteiger partial charge in [-0.3, -0.25) is 0 Å². The second-order valence-corrected chi connectivity index (χ2v) is 5.56. The fourth-order valence-electron chi connectivity index (χ4n) is 2.04. The molecule has 1 unspecified atom stereocenters. The molecule has 0 fully saturated rings. The van der Waals surface area contributed by atoms with Crippen molar-refractivity contribution in [2.45, 2.75) is 41.9 Å². The van der Waals surface area contributed by atoms with E-state index in [-0.39, 0.29) is 0 Å². The van der Waals surface area contributed by atoms with Crippen molar-refractivity contribution in [3.05, 3.63) is 29.8 Å². The van der Waals surface area contributed by atoms with Crippen LogP contribution in [0.25, 0.3) is 0 Å². The lowest BCUT2D eigenvalue weighted by molar-refractivity contribution is -0.444. The average Bonchev–Trinajstić information content (AvgIpc) is 2.59. The molecule has 1 aromatic rings. The van der Waals surface area contributed by atoms with Crippen molar-refractivity contribution in [3.8, 4) is 5.75 Å². The molecule has 0 saturated carbocycles. The Kier molecular flexibility index (Phi) is 6.14. The Labute approximate surface area is 152 Å². The molecular formula is C14H9F13O2. The number of hydrogen-bond donors (Lipinski definition) is 1. The fraction of sp³-hybridized carbons (Fsp3) is 0.571. The molecule has 0 aliphatic rings. The van der Waals surface area contributed by atoms with Gasteiger partial charge in [0.15, 0.2) is 6.10 Å². The SMILES string of the molecule is COc1ccccc1C(O)C(F)(F)C(F)(F)C(F)(F)C(F)(F)C(F)(F)C(F)(F)F. The molecule has 1 aromatic carbocycles. The van der Waals surface area contributed by atoms with Crippen molar-refractivity contribution in [3.63, 3.8) is 0 Å². The summed E-state index contributed by atoms with van der Waals surface area (Å²) in [7, 11) is 0.745. The number of benzene rings is 1. The van der Waals surface area contributed by atoms with Crippen molar-refractivity contribution in [1.29, 1.82) is 0 Å². The van der Waals surface area contributed by atoms with Crippen LogP contribution in [0.5, 0.6) is 5.75 Å². The molecule has 1 atom stereocenters. The van der Waals surface area contributed by atoms with E-state index in [1.807, 2.05) is 0 Å². The molecule has 168 valence electrons. The second-order valence-electron chi connectivity index (χ2n) is 5.56. The first-order chi connectivity index (χ1) is 12.7. The minimum absolute atomic E-state index is 0.411. The summed E-state index contributed by atoms with van der Waals surface area (Å²) in [4.78, 5) is 0. The van der Waals surface area contributed by atoms with Gasteiger partial charge in [0.25, 0.3) is 0 Å². The molecule has 2 nitrogen and oxygen atoms in total. The Bertz CT molecular complexity index is 726. The summed E-state index contributed by atoms with van der Waals surface area (Å²) in [6.07, 6.45) is -11.6. The molecule has 0 aromatic heterocycles. The first-order valence-electron chi connectivity index (χ1n) is 6.98. The lowest BCUT2D eigenvalue weighted by Crippen LogP contribution is -2.70. The van der Waals surface area contributed by atoms with Crippen LogP contribution in [0, 0.1) is 0 Å². The molecule has 1 rings (SSSR count). The van der Waals surface area contributed by atoms with E-state index in [1.54, 1.807) is 0 Å². The molecule has 0 heterocycles. The number of hydrogen-bond acceptors (Lipinski definition) is 2. The number of rotatable bonds is 7. The van der Waals surface area contributed by atoms with Gasteiger partial charge in [0.2, 0.25) is 0 Å². The summed E-state index contributed by atoms with van der Waals surface area (Å²) in [5.41, 5.74) is -1.36. The van der Waals surface area contributed by atoms with Crippen molar-refractivity contribution in [2.24, 2.45) is 0 Å². The van der Waals surface area contributed by atoms with Crippen molar-refractivity contribution in [2.75, 3.05) is 7.11 Å². The van der Waals surface area contributed by atoms with Gasteiger partial charge in [0.1, 0.15) is 5.75 Å². The fourth-order valence-corrected chi connectivity index (χ4v) is 2.04. The zero-order chi connectivity index (χ0) is 23.3. The van der Waals surface area contributed by atoms with Gasteiger partial charge in [-0.25, -0.2) is 0 Å². The van der Waals surface area contributed by atoms with Crippen molar-refractivity contribution >= 4 is 0 Å². The van der Waals surface area contributed by atoms with Crippen LogP contribution in [0.2, 0.25) is 0 Å². The maximum absolute atomic E-state index is 13.9. The standard InChI is InChI=1S/C14H9F13O2/c1-29-7-5-3-2-4-6(7)8(28)9(15,16)10(17,18)11(19,20)12(21,22)13(23,24)14(25,26)27/h2-5,8,28H,1H3. The maximum Gasteiger partial charge on any atom is 0.460 e. The first-order valence-corrected chi connectivity index (χ1v) is 6.98. The van der Waals surface area contributed by atoms with Gasteiger partial charge >= 0.3 is 35.8 Å². The van der Waals surface area contributed by atoms with Gasteiger partial charge in [-0.15, -0.1) is 0 Å². The van der Waals surface area contributed by atoms with Gasteiger partial charge < -0.3 is 9.84 Å². The molecule has 29 heavy (non-hydrogen) atoms. The number of aliphatic hydroxyl groups is 1. The lowest BCUT2D eigenvalue weighted by atomic mass is 9.89. The van der Waals surface area contributed by atoms with E-state index < -0.39 is 53.2 Å². The zero-order valence-corrected chi connectivity index (χ0v) is 13.7. The highest BCUT2D eigenvalue weighted by molar-refractivity contribution is 5.37. The quantitative estimate of drug-likeness (QED) is 0.552. The predicted octanol–water partition coefficient (Wildman–Crippen LogP) is 5.47. The summed E-state index contributed by atoms with van der Waals surface area (Å²) in [6, 6.07) is 2.98. The number of halogens is 13. The van der Waals surface area contributed by atoms with E-state index in [0.29, 0.717) is 6.07 Å². The number of ether oxygens (including phenoxy) is 1. The number of methoxy groups -OCH3 is 1. The van der Waals surface area contributed by atoms with Crippen LogP contribution < -0.4 is 4.74 Å². The van der Waals surface area contributed by atoms with E-state index in [9.17, 15) is 62.2 Å². The van der Waals surface area contributed by atoms with Gasteiger partial charge in [0.05, 0.1) is 7.11 Å². The summed E-state index contributed by atoms with van der Waals surface area (Å²) in [6.45, 7) is 0. The molecule has 1 N–H and O–H groups in total. The lowest BCUT2D eigenvalue weighted by Gasteiger charge is -2.40. The van der Waals surface area contributed by atoms with Gasteiger partial charge in [-0.2, -0.15) is 57.1 Å². The van der Waals surface area contributed by atoms with E-state index in [4.69, 9.17) is 0 Å². The highest BCUT2D eigenvalue weighted by Crippen LogP contribution is 2.62. The smallest absolute Gasteiger partial charge is 0.460 e.